The molecule has 1 saturated heterocycles. The van der Waals surface area contributed by atoms with Gasteiger partial charge in [-0.2, -0.15) is 0 Å². The lowest BCUT2D eigenvalue weighted by Gasteiger charge is -2.32. The minimum Gasteiger partial charge on any atom is -0.490 e. The van der Waals surface area contributed by atoms with E-state index >= 15 is 0 Å². The van der Waals surface area contributed by atoms with E-state index in [9.17, 15) is 9.90 Å². The second-order valence-electron chi connectivity index (χ2n) is 7.97. The Labute approximate surface area is 183 Å². The summed E-state index contributed by atoms with van der Waals surface area (Å²) in [6, 6.07) is 12.7. The highest BCUT2D eigenvalue weighted by molar-refractivity contribution is 5.95. The molecule has 1 atom stereocenters. The van der Waals surface area contributed by atoms with Crippen molar-refractivity contribution in [3.8, 4) is 5.75 Å². The van der Waals surface area contributed by atoms with Crippen molar-refractivity contribution in [1.29, 1.82) is 5.41 Å². The van der Waals surface area contributed by atoms with Gasteiger partial charge in [-0.1, -0.05) is 19.9 Å². The molecule has 1 heterocycles. The Bertz CT molecular complexity index is 923. The number of ether oxygens (including phenoxy) is 1. The Morgan fingerprint density at radius 2 is 1.90 bits per heavy atom. The van der Waals surface area contributed by atoms with Crippen LogP contribution in [0.2, 0.25) is 0 Å². The molecule has 0 amide bonds. The summed E-state index contributed by atoms with van der Waals surface area (Å²) in [4.78, 5) is 12.6. The number of aliphatic carboxylic acids is 1. The molecule has 1 aliphatic rings. The summed E-state index contributed by atoms with van der Waals surface area (Å²) in [5, 5.41) is 24.4. The fraction of sp³-hybridized carbons (Fsp3) is 0.417. The number of carboxylic acid groups (broad SMARTS) is 1. The minimum absolute atomic E-state index is 0.0260. The first kappa shape index (κ1) is 22.6. The Kier molecular flexibility index (Phi) is 7.17. The van der Waals surface area contributed by atoms with Gasteiger partial charge in [0.05, 0.1) is 0 Å². The molecule has 0 aliphatic carbocycles. The molecule has 2 aromatic rings. The van der Waals surface area contributed by atoms with Crippen LogP contribution in [0.3, 0.4) is 0 Å². The number of piperidine rings is 1. The van der Waals surface area contributed by atoms with Crippen molar-refractivity contribution in [3.05, 3.63) is 59.2 Å². The summed E-state index contributed by atoms with van der Waals surface area (Å²) in [6.45, 7) is 5.76. The van der Waals surface area contributed by atoms with Gasteiger partial charge >= 0.3 is 5.97 Å². The van der Waals surface area contributed by atoms with Crippen LogP contribution >= 0.6 is 0 Å². The molecule has 0 spiro atoms. The maximum absolute atomic E-state index is 12.6. The highest BCUT2D eigenvalue weighted by Gasteiger charge is 2.39. The number of anilines is 1. The largest absolute Gasteiger partial charge is 0.490 e. The molecule has 1 fully saturated rings. The number of aryl methyl sites for hydroxylation is 1. The number of carboxylic acids is 1. The van der Waals surface area contributed by atoms with Crippen LogP contribution < -0.4 is 21.1 Å². The van der Waals surface area contributed by atoms with Gasteiger partial charge in [0, 0.05) is 11.3 Å². The summed E-state index contributed by atoms with van der Waals surface area (Å²) >= 11 is 0. The van der Waals surface area contributed by atoms with Crippen LogP contribution in [0.15, 0.2) is 42.5 Å². The Hall–Kier alpha value is -3.06. The summed E-state index contributed by atoms with van der Waals surface area (Å²) in [7, 11) is 0. The van der Waals surface area contributed by atoms with Crippen LogP contribution in [0.25, 0.3) is 0 Å². The molecule has 6 N–H and O–H groups in total. The number of nitrogens with one attached hydrogen (secondary N) is 3. The van der Waals surface area contributed by atoms with Gasteiger partial charge in [0.15, 0.2) is 5.54 Å². The predicted molar refractivity (Wildman–Crippen MR) is 123 cm³/mol. The Morgan fingerprint density at radius 3 is 2.45 bits per heavy atom. The minimum atomic E-state index is -1.31. The van der Waals surface area contributed by atoms with E-state index in [0.29, 0.717) is 29.0 Å². The van der Waals surface area contributed by atoms with Gasteiger partial charge in [-0.25, -0.2) is 4.79 Å². The SMILES string of the molecule is CCc1cc(OC2CCNCC2)cc(C(CC)(Nc2ccc(C(=N)N)cc2)C(=O)O)c1. The average Bonchev–Trinajstić information content (AvgIpc) is 2.78. The van der Waals surface area contributed by atoms with E-state index in [1.165, 1.54) is 0 Å². The molecule has 7 nitrogen and oxygen atoms in total. The molecule has 0 saturated carbocycles. The van der Waals surface area contributed by atoms with Crippen LogP contribution in [-0.4, -0.2) is 36.1 Å². The standard InChI is InChI=1S/C24H32N4O3/c1-3-16-13-18(15-21(14-16)31-20-9-11-27-12-10-20)24(4-2,23(29)30)28-19-7-5-17(6-8-19)22(25)26/h5-8,13-15,20,27-28H,3-4,9-12H2,1-2H3,(H3,25,26)(H,29,30). The molecular formula is C24H32N4O3. The van der Waals surface area contributed by atoms with E-state index in [0.717, 1.165) is 37.9 Å². The first-order valence-corrected chi connectivity index (χ1v) is 10.9. The van der Waals surface area contributed by atoms with Gasteiger partial charge in [0.1, 0.15) is 17.7 Å². The van der Waals surface area contributed by atoms with Crippen molar-refractivity contribution < 1.29 is 14.6 Å². The molecule has 1 aliphatic heterocycles. The molecule has 166 valence electrons. The van der Waals surface area contributed by atoms with Crippen molar-refractivity contribution >= 4 is 17.5 Å². The fourth-order valence-electron chi connectivity index (χ4n) is 3.96. The van der Waals surface area contributed by atoms with E-state index in [4.69, 9.17) is 15.9 Å². The zero-order chi connectivity index (χ0) is 22.4. The number of nitrogens with two attached hydrogens (primary N) is 1. The van der Waals surface area contributed by atoms with E-state index in [2.05, 4.69) is 17.6 Å². The highest BCUT2D eigenvalue weighted by Crippen LogP contribution is 2.34. The van der Waals surface area contributed by atoms with Crippen molar-refractivity contribution in [2.24, 2.45) is 5.73 Å². The fourth-order valence-corrected chi connectivity index (χ4v) is 3.96. The molecular weight excluding hydrogens is 392 g/mol. The summed E-state index contributed by atoms with van der Waals surface area (Å²) in [5.74, 6) is -0.261. The number of nitrogen functional groups attached to an aromatic ring is 1. The van der Waals surface area contributed by atoms with Gasteiger partial charge in [0.25, 0.3) is 0 Å². The first-order chi connectivity index (χ1) is 14.9. The van der Waals surface area contributed by atoms with Crippen LogP contribution in [0, 0.1) is 5.41 Å². The quantitative estimate of drug-likeness (QED) is 0.311. The summed E-state index contributed by atoms with van der Waals surface area (Å²) in [5.41, 5.74) is 7.17. The van der Waals surface area contributed by atoms with E-state index < -0.39 is 11.5 Å². The Balaban J connectivity index is 1.97. The maximum atomic E-state index is 12.6. The average molecular weight is 425 g/mol. The lowest BCUT2D eigenvalue weighted by molar-refractivity contribution is -0.142. The van der Waals surface area contributed by atoms with Crippen molar-refractivity contribution in [1.82, 2.24) is 5.32 Å². The third-order valence-corrected chi connectivity index (χ3v) is 5.91. The second kappa shape index (κ2) is 9.83. The molecule has 7 heteroatoms. The predicted octanol–water partition coefficient (Wildman–Crippen LogP) is 3.47. The number of carbonyl (C=O) groups is 1. The third-order valence-electron chi connectivity index (χ3n) is 5.91. The third kappa shape index (κ3) is 5.17. The molecule has 0 bridgehead atoms. The summed E-state index contributed by atoms with van der Waals surface area (Å²) in [6.07, 6.45) is 3.13. The lowest BCUT2D eigenvalue weighted by Crippen LogP contribution is -2.43. The highest BCUT2D eigenvalue weighted by atomic mass is 16.5. The van der Waals surface area contributed by atoms with Gasteiger partial charge in [-0.15, -0.1) is 0 Å². The van der Waals surface area contributed by atoms with Crippen molar-refractivity contribution in [2.75, 3.05) is 18.4 Å². The number of hydrogen-bond donors (Lipinski definition) is 5. The molecule has 2 aromatic carbocycles. The number of amidine groups is 1. The number of hydrogen-bond acceptors (Lipinski definition) is 5. The normalized spacial score (nSPS) is 16.3. The lowest BCUT2D eigenvalue weighted by atomic mass is 9.85. The smallest absolute Gasteiger partial charge is 0.334 e. The topological polar surface area (TPSA) is 120 Å². The van der Waals surface area contributed by atoms with Crippen LogP contribution in [-0.2, 0) is 16.8 Å². The van der Waals surface area contributed by atoms with E-state index in [1.807, 2.05) is 25.1 Å². The molecule has 1 unspecified atom stereocenters. The van der Waals surface area contributed by atoms with Crippen LogP contribution in [0.5, 0.6) is 5.75 Å². The number of rotatable bonds is 9. The summed E-state index contributed by atoms with van der Waals surface area (Å²) < 4.78 is 6.25. The maximum Gasteiger partial charge on any atom is 0.334 e. The Morgan fingerprint density at radius 1 is 1.23 bits per heavy atom. The van der Waals surface area contributed by atoms with Gasteiger partial charge in [0.2, 0.25) is 0 Å². The zero-order valence-corrected chi connectivity index (χ0v) is 18.2. The first-order valence-electron chi connectivity index (χ1n) is 10.9. The second-order valence-corrected chi connectivity index (χ2v) is 7.97. The van der Waals surface area contributed by atoms with Crippen LogP contribution in [0.1, 0.15) is 49.8 Å². The zero-order valence-electron chi connectivity index (χ0n) is 18.2. The molecule has 0 radical (unpaired) electrons. The molecule has 0 aromatic heterocycles. The van der Waals surface area contributed by atoms with Gasteiger partial charge < -0.3 is 26.2 Å². The molecule has 31 heavy (non-hydrogen) atoms. The van der Waals surface area contributed by atoms with Gasteiger partial charge in [-0.05, 0) is 86.3 Å². The van der Waals surface area contributed by atoms with E-state index in [-0.39, 0.29) is 11.9 Å². The number of benzene rings is 2. The van der Waals surface area contributed by atoms with Crippen LogP contribution in [0.4, 0.5) is 5.69 Å². The molecule has 3 rings (SSSR count). The van der Waals surface area contributed by atoms with Crippen molar-refractivity contribution in [3.63, 3.8) is 0 Å². The van der Waals surface area contributed by atoms with Gasteiger partial charge in [-0.3, -0.25) is 5.41 Å². The van der Waals surface area contributed by atoms with Crippen molar-refractivity contribution in [2.45, 2.75) is 51.2 Å². The van der Waals surface area contributed by atoms with E-state index in [1.54, 1.807) is 24.3 Å². The monoisotopic (exact) mass is 424 g/mol.